The summed E-state index contributed by atoms with van der Waals surface area (Å²) in [4.78, 5) is 26.4. The standard InChI is InChI=1S/C13H26N2O3S/c1-6-11(9-19-5)14(4)13(18)15(10(2)3)8-7-12(16)17/h10-11H,6-9H2,1-5H3,(H,16,17). The van der Waals surface area contributed by atoms with Crippen LogP contribution in [0.15, 0.2) is 0 Å². The first-order chi connectivity index (χ1) is 8.84. The number of carboxylic acids is 1. The summed E-state index contributed by atoms with van der Waals surface area (Å²) >= 11 is 1.71. The summed E-state index contributed by atoms with van der Waals surface area (Å²) in [6, 6.07) is 0.104. The second-order valence-corrected chi connectivity index (χ2v) is 5.75. The minimum Gasteiger partial charge on any atom is -0.481 e. The summed E-state index contributed by atoms with van der Waals surface area (Å²) in [6.07, 6.45) is 2.90. The van der Waals surface area contributed by atoms with Crippen molar-refractivity contribution in [2.45, 2.75) is 45.7 Å². The normalized spacial score (nSPS) is 12.3. The Morgan fingerprint density at radius 2 is 1.89 bits per heavy atom. The number of aliphatic carboxylic acids is 1. The Morgan fingerprint density at radius 3 is 2.26 bits per heavy atom. The number of carbonyl (C=O) groups is 2. The van der Waals surface area contributed by atoms with E-state index in [1.54, 1.807) is 28.6 Å². The average molecular weight is 290 g/mol. The Kier molecular flexibility index (Phi) is 8.63. The zero-order valence-corrected chi connectivity index (χ0v) is 13.4. The van der Waals surface area contributed by atoms with E-state index in [-0.39, 0.29) is 31.1 Å². The van der Waals surface area contributed by atoms with Crippen LogP contribution in [0.5, 0.6) is 0 Å². The van der Waals surface area contributed by atoms with Gasteiger partial charge in [0.25, 0.3) is 0 Å². The summed E-state index contributed by atoms with van der Waals surface area (Å²) < 4.78 is 0. The molecular weight excluding hydrogens is 264 g/mol. The Bertz CT molecular complexity index is 298. The van der Waals surface area contributed by atoms with Gasteiger partial charge in [0, 0.05) is 31.4 Å². The highest BCUT2D eigenvalue weighted by Gasteiger charge is 2.25. The molecule has 0 radical (unpaired) electrons. The molecule has 0 aliphatic heterocycles. The van der Waals surface area contributed by atoms with Gasteiger partial charge in [0.2, 0.25) is 0 Å². The van der Waals surface area contributed by atoms with Crippen LogP contribution in [-0.4, -0.2) is 64.6 Å². The average Bonchev–Trinajstić information content (AvgIpc) is 2.34. The van der Waals surface area contributed by atoms with Crippen LogP contribution in [0.2, 0.25) is 0 Å². The third kappa shape index (κ3) is 6.18. The van der Waals surface area contributed by atoms with Crippen molar-refractivity contribution in [2.75, 3.05) is 25.6 Å². The predicted molar refractivity (Wildman–Crippen MR) is 79.7 cm³/mol. The molecule has 5 nitrogen and oxygen atoms in total. The predicted octanol–water partition coefficient (Wildman–Crippen LogP) is 2.36. The molecule has 0 aromatic carbocycles. The van der Waals surface area contributed by atoms with Gasteiger partial charge in [-0.3, -0.25) is 4.79 Å². The number of nitrogens with zero attached hydrogens (tertiary/aromatic N) is 2. The molecular formula is C13H26N2O3S. The van der Waals surface area contributed by atoms with Gasteiger partial charge in [-0.25, -0.2) is 4.79 Å². The van der Waals surface area contributed by atoms with Gasteiger partial charge in [-0.15, -0.1) is 0 Å². The van der Waals surface area contributed by atoms with Gasteiger partial charge in [-0.05, 0) is 26.5 Å². The topological polar surface area (TPSA) is 60.9 Å². The summed E-state index contributed by atoms with van der Waals surface area (Å²) in [5.74, 6) is 0.0149. The Hall–Kier alpha value is -0.910. The molecule has 0 fully saturated rings. The molecule has 1 atom stereocenters. The third-order valence-electron chi connectivity index (χ3n) is 3.12. The van der Waals surface area contributed by atoms with Crippen LogP contribution in [0.3, 0.4) is 0 Å². The third-order valence-corrected chi connectivity index (χ3v) is 3.83. The maximum Gasteiger partial charge on any atom is 0.320 e. The molecule has 0 spiro atoms. The zero-order valence-electron chi connectivity index (χ0n) is 12.5. The lowest BCUT2D eigenvalue weighted by molar-refractivity contribution is -0.137. The minimum atomic E-state index is -0.878. The van der Waals surface area contributed by atoms with E-state index in [4.69, 9.17) is 5.11 Å². The highest BCUT2D eigenvalue weighted by atomic mass is 32.2. The SMILES string of the molecule is CCC(CSC)N(C)C(=O)N(CCC(=O)O)C(C)C. The van der Waals surface area contributed by atoms with Crippen molar-refractivity contribution in [1.82, 2.24) is 9.80 Å². The quantitative estimate of drug-likeness (QED) is 0.745. The van der Waals surface area contributed by atoms with E-state index in [1.165, 1.54) is 0 Å². The van der Waals surface area contributed by atoms with E-state index in [9.17, 15) is 9.59 Å². The monoisotopic (exact) mass is 290 g/mol. The lowest BCUT2D eigenvalue weighted by Gasteiger charge is -2.35. The second-order valence-electron chi connectivity index (χ2n) is 4.84. The minimum absolute atomic E-state index is 0.00101. The summed E-state index contributed by atoms with van der Waals surface area (Å²) in [5.41, 5.74) is 0. The van der Waals surface area contributed by atoms with E-state index < -0.39 is 5.97 Å². The Labute approximate surface area is 120 Å². The molecule has 0 saturated carbocycles. The molecule has 112 valence electrons. The molecule has 0 rings (SSSR count). The van der Waals surface area contributed by atoms with E-state index in [2.05, 4.69) is 6.92 Å². The van der Waals surface area contributed by atoms with Crippen LogP contribution >= 0.6 is 11.8 Å². The van der Waals surface area contributed by atoms with Crippen molar-refractivity contribution in [2.24, 2.45) is 0 Å². The highest BCUT2D eigenvalue weighted by Crippen LogP contribution is 2.13. The fourth-order valence-corrected chi connectivity index (χ4v) is 2.69. The second kappa shape index (κ2) is 9.07. The van der Waals surface area contributed by atoms with Crippen molar-refractivity contribution in [3.63, 3.8) is 0 Å². The molecule has 6 heteroatoms. The Morgan fingerprint density at radius 1 is 1.32 bits per heavy atom. The molecule has 0 aromatic heterocycles. The summed E-state index contributed by atoms with van der Waals surface area (Å²) in [5, 5.41) is 8.75. The van der Waals surface area contributed by atoms with Crippen LogP contribution in [0.25, 0.3) is 0 Å². The molecule has 0 aromatic rings. The largest absolute Gasteiger partial charge is 0.481 e. The highest BCUT2D eigenvalue weighted by molar-refractivity contribution is 7.98. The van der Waals surface area contributed by atoms with E-state index >= 15 is 0 Å². The van der Waals surface area contributed by atoms with E-state index in [0.29, 0.717) is 0 Å². The number of amides is 2. The molecule has 19 heavy (non-hydrogen) atoms. The van der Waals surface area contributed by atoms with Crippen molar-refractivity contribution < 1.29 is 14.7 Å². The molecule has 0 aliphatic carbocycles. The molecule has 0 heterocycles. The van der Waals surface area contributed by atoms with Crippen LogP contribution < -0.4 is 0 Å². The van der Waals surface area contributed by atoms with Gasteiger partial charge < -0.3 is 14.9 Å². The zero-order chi connectivity index (χ0) is 15.0. The summed E-state index contributed by atoms with van der Waals surface area (Å²) in [6.45, 7) is 6.12. The van der Waals surface area contributed by atoms with Crippen molar-refractivity contribution in [3.8, 4) is 0 Å². The van der Waals surface area contributed by atoms with Gasteiger partial charge in [-0.2, -0.15) is 11.8 Å². The number of carbonyl (C=O) groups excluding carboxylic acids is 1. The first-order valence-corrected chi connectivity index (χ1v) is 7.98. The van der Waals surface area contributed by atoms with E-state index in [0.717, 1.165) is 12.2 Å². The number of hydrogen-bond acceptors (Lipinski definition) is 3. The number of carboxylic acid groups (broad SMARTS) is 1. The Balaban J connectivity index is 4.72. The maximum atomic E-state index is 12.4. The molecule has 2 amide bonds. The van der Waals surface area contributed by atoms with Crippen LogP contribution in [0, 0.1) is 0 Å². The van der Waals surface area contributed by atoms with Crippen LogP contribution in [0.4, 0.5) is 4.79 Å². The number of hydrogen-bond donors (Lipinski definition) is 1. The number of rotatable bonds is 8. The molecule has 0 saturated heterocycles. The van der Waals surface area contributed by atoms with Crippen molar-refractivity contribution >= 4 is 23.8 Å². The first-order valence-electron chi connectivity index (χ1n) is 6.59. The van der Waals surface area contributed by atoms with Crippen molar-refractivity contribution in [1.29, 1.82) is 0 Å². The fourth-order valence-electron chi connectivity index (χ4n) is 1.85. The molecule has 1 N–H and O–H groups in total. The summed E-state index contributed by atoms with van der Waals surface area (Å²) in [7, 11) is 1.79. The van der Waals surface area contributed by atoms with Gasteiger partial charge >= 0.3 is 12.0 Å². The molecule has 1 unspecified atom stereocenters. The van der Waals surface area contributed by atoms with Gasteiger partial charge in [0.1, 0.15) is 0 Å². The molecule has 0 aliphatic rings. The van der Waals surface area contributed by atoms with E-state index in [1.807, 2.05) is 20.1 Å². The smallest absolute Gasteiger partial charge is 0.320 e. The van der Waals surface area contributed by atoms with Gasteiger partial charge in [-0.1, -0.05) is 6.92 Å². The van der Waals surface area contributed by atoms with Gasteiger partial charge in [0.15, 0.2) is 0 Å². The lowest BCUT2D eigenvalue weighted by atomic mass is 10.2. The van der Waals surface area contributed by atoms with Crippen LogP contribution in [0.1, 0.15) is 33.6 Å². The fraction of sp³-hybridized carbons (Fsp3) is 0.846. The van der Waals surface area contributed by atoms with Crippen molar-refractivity contribution in [3.05, 3.63) is 0 Å². The number of urea groups is 1. The first kappa shape index (κ1) is 18.1. The number of thioether (sulfide) groups is 1. The lowest BCUT2D eigenvalue weighted by Crippen LogP contribution is -2.49. The van der Waals surface area contributed by atoms with Gasteiger partial charge in [0.05, 0.1) is 6.42 Å². The van der Waals surface area contributed by atoms with Crippen LogP contribution in [-0.2, 0) is 4.79 Å². The maximum absolute atomic E-state index is 12.4. The molecule has 0 bridgehead atoms.